The number of piperidine rings is 1. The van der Waals surface area contributed by atoms with Crippen molar-refractivity contribution in [3.63, 3.8) is 0 Å². The van der Waals surface area contributed by atoms with Gasteiger partial charge in [0, 0.05) is 19.1 Å². The summed E-state index contributed by atoms with van der Waals surface area (Å²) < 4.78 is 0. The Hall–Kier alpha value is -0.0800. The standard InChI is InChI=1S/C15H30N2/c1-4-9-17-10-5-6-14(11-17)13(2)16-12-15(3)7-8-15/h13-14,16H,4-12H2,1-3H3. The molecule has 0 aromatic heterocycles. The Morgan fingerprint density at radius 3 is 2.82 bits per heavy atom. The van der Waals surface area contributed by atoms with Crippen LogP contribution in [0.3, 0.4) is 0 Å². The molecule has 0 aromatic carbocycles. The molecule has 0 bridgehead atoms. The molecule has 1 N–H and O–H groups in total. The normalized spacial score (nSPS) is 30.2. The van der Waals surface area contributed by atoms with Gasteiger partial charge in [0.2, 0.25) is 0 Å². The minimum absolute atomic E-state index is 0.645. The lowest BCUT2D eigenvalue weighted by Crippen LogP contribution is -2.45. The van der Waals surface area contributed by atoms with Crippen molar-refractivity contribution in [3.05, 3.63) is 0 Å². The lowest BCUT2D eigenvalue weighted by Gasteiger charge is -2.36. The van der Waals surface area contributed by atoms with Gasteiger partial charge in [-0.3, -0.25) is 0 Å². The predicted octanol–water partition coefficient (Wildman–Crippen LogP) is 2.89. The van der Waals surface area contributed by atoms with Gasteiger partial charge in [-0.1, -0.05) is 13.8 Å². The van der Waals surface area contributed by atoms with Crippen LogP contribution in [0.25, 0.3) is 0 Å². The van der Waals surface area contributed by atoms with Gasteiger partial charge in [0.25, 0.3) is 0 Å². The first-order valence-electron chi connectivity index (χ1n) is 7.59. The number of hydrogen-bond donors (Lipinski definition) is 1. The second kappa shape index (κ2) is 5.71. The number of hydrogen-bond acceptors (Lipinski definition) is 2. The molecule has 0 spiro atoms. The molecule has 2 rings (SSSR count). The van der Waals surface area contributed by atoms with Crippen LogP contribution in [0.5, 0.6) is 0 Å². The van der Waals surface area contributed by atoms with Gasteiger partial charge in [-0.25, -0.2) is 0 Å². The van der Waals surface area contributed by atoms with Crippen LogP contribution >= 0.6 is 0 Å². The number of nitrogens with zero attached hydrogens (tertiary/aromatic N) is 1. The highest BCUT2D eigenvalue weighted by atomic mass is 15.1. The van der Waals surface area contributed by atoms with Gasteiger partial charge in [-0.2, -0.15) is 0 Å². The van der Waals surface area contributed by atoms with Crippen LogP contribution in [-0.2, 0) is 0 Å². The van der Waals surface area contributed by atoms with Crippen molar-refractivity contribution in [2.75, 3.05) is 26.2 Å². The maximum absolute atomic E-state index is 3.79. The Bertz CT molecular complexity index is 233. The third-order valence-corrected chi connectivity index (χ3v) is 4.74. The zero-order chi connectivity index (χ0) is 12.3. The van der Waals surface area contributed by atoms with Gasteiger partial charge < -0.3 is 10.2 Å². The van der Waals surface area contributed by atoms with E-state index < -0.39 is 0 Å². The molecule has 1 aliphatic heterocycles. The average Bonchev–Trinajstić information content (AvgIpc) is 3.06. The Labute approximate surface area is 107 Å². The Morgan fingerprint density at radius 2 is 2.18 bits per heavy atom. The van der Waals surface area contributed by atoms with Gasteiger partial charge in [0.15, 0.2) is 0 Å². The monoisotopic (exact) mass is 238 g/mol. The molecule has 2 aliphatic rings. The fraction of sp³-hybridized carbons (Fsp3) is 1.00. The van der Waals surface area contributed by atoms with Crippen LogP contribution in [0.15, 0.2) is 0 Å². The van der Waals surface area contributed by atoms with Crippen LogP contribution < -0.4 is 5.32 Å². The molecule has 0 radical (unpaired) electrons. The van der Waals surface area contributed by atoms with E-state index in [0.717, 1.165) is 5.92 Å². The third kappa shape index (κ3) is 3.96. The molecule has 2 nitrogen and oxygen atoms in total. The molecule has 2 atom stereocenters. The van der Waals surface area contributed by atoms with Crippen molar-refractivity contribution in [3.8, 4) is 0 Å². The number of likely N-dealkylation sites (tertiary alicyclic amines) is 1. The molecule has 0 amide bonds. The van der Waals surface area contributed by atoms with Crippen LogP contribution in [0, 0.1) is 11.3 Å². The van der Waals surface area contributed by atoms with Gasteiger partial charge in [0.1, 0.15) is 0 Å². The first-order valence-corrected chi connectivity index (χ1v) is 7.59. The van der Waals surface area contributed by atoms with Gasteiger partial charge in [0.05, 0.1) is 0 Å². The van der Waals surface area contributed by atoms with Crippen molar-refractivity contribution < 1.29 is 0 Å². The van der Waals surface area contributed by atoms with Crippen molar-refractivity contribution in [1.29, 1.82) is 0 Å². The molecule has 2 unspecified atom stereocenters. The lowest BCUT2D eigenvalue weighted by molar-refractivity contribution is 0.149. The largest absolute Gasteiger partial charge is 0.313 e. The van der Waals surface area contributed by atoms with E-state index in [1.54, 1.807) is 0 Å². The van der Waals surface area contributed by atoms with Crippen LogP contribution in [0.2, 0.25) is 0 Å². The highest BCUT2D eigenvalue weighted by Gasteiger charge is 2.37. The number of nitrogens with one attached hydrogen (secondary N) is 1. The maximum atomic E-state index is 3.79. The Morgan fingerprint density at radius 1 is 1.41 bits per heavy atom. The first kappa shape index (κ1) is 13.4. The Kier molecular flexibility index (Phi) is 4.48. The summed E-state index contributed by atoms with van der Waals surface area (Å²) in [6.07, 6.45) is 6.98. The second-order valence-electron chi connectivity index (χ2n) is 6.68. The lowest BCUT2D eigenvalue weighted by atomic mass is 9.91. The molecule has 1 heterocycles. The second-order valence-corrected chi connectivity index (χ2v) is 6.68. The summed E-state index contributed by atoms with van der Waals surface area (Å²) in [6.45, 7) is 12.3. The van der Waals surface area contributed by atoms with Crippen molar-refractivity contribution in [1.82, 2.24) is 10.2 Å². The zero-order valence-corrected chi connectivity index (χ0v) is 12.0. The van der Waals surface area contributed by atoms with Gasteiger partial charge >= 0.3 is 0 Å². The highest BCUT2D eigenvalue weighted by molar-refractivity contribution is 4.92. The summed E-state index contributed by atoms with van der Waals surface area (Å²) in [5.74, 6) is 0.873. The summed E-state index contributed by atoms with van der Waals surface area (Å²) >= 11 is 0. The fourth-order valence-electron chi connectivity index (χ4n) is 2.98. The third-order valence-electron chi connectivity index (χ3n) is 4.74. The number of rotatable bonds is 6. The van der Waals surface area contributed by atoms with E-state index in [4.69, 9.17) is 0 Å². The van der Waals surface area contributed by atoms with Crippen LogP contribution in [0.4, 0.5) is 0 Å². The summed E-state index contributed by atoms with van der Waals surface area (Å²) in [7, 11) is 0. The van der Waals surface area contributed by atoms with E-state index in [1.807, 2.05) is 0 Å². The van der Waals surface area contributed by atoms with Crippen LogP contribution in [0.1, 0.15) is 52.9 Å². The van der Waals surface area contributed by atoms with E-state index in [9.17, 15) is 0 Å². The predicted molar refractivity (Wildman–Crippen MR) is 74.3 cm³/mol. The quantitative estimate of drug-likeness (QED) is 0.765. The summed E-state index contributed by atoms with van der Waals surface area (Å²) in [6, 6.07) is 0.701. The SMILES string of the molecule is CCCN1CCCC(C(C)NCC2(C)CC2)C1. The Balaban J connectivity index is 1.71. The van der Waals surface area contributed by atoms with E-state index in [1.165, 1.54) is 58.3 Å². The highest BCUT2D eigenvalue weighted by Crippen LogP contribution is 2.44. The van der Waals surface area contributed by atoms with E-state index in [0.29, 0.717) is 11.5 Å². The molecule has 1 saturated heterocycles. The topological polar surface area (TPSA) is 15.3 Å². The van der Waals surface area contributed by atoms with Gasteiger partial charge in [-0.05, 0) is 63.5 Å². The molecule has 2 fully saturated rings. The van der Waals surface area contributed by atoms with Crippen molar-refractivity contribution in [2.24, 2.45) is 11.3 Å². The molecule has 2 heteroatoms. The van der Waals surface area contributed by atoms with Crippen LogP contribution in [-0.4, -0.2) is 37.1 Å². The van der Waals surface area contributed by atoms with E-state index in [2.05, 4.69) is 31.0 Å². The minimum atomic E-state index is 0.645. The fourth-order valence-corrected chi connectivity index (χ4v) is 2.98. The molecule has 100 valence electrons. The summed E-state index contributed by atoms with van der Waals surface area (Å²) in [5, 5.41) is 3.79. The molecular weight excluding hydrogens is 208 g/mol. The van der Waals surface area contributed by atoms with E-state index in [-0.39, 0.29) is 0 Å². The molecule has 1 saturated carbocycles. The average molecular weight is 238 g/mol. The van der Waals surface area contributed by atoms with Crippen molar-refractivity contribution >= 4 is 0 Å². The van der Waals surface area contributed by atoms with Gasteiger partial charge in [-0.15, -0.1) is 0 Å². The van der Waals surface area contributed by atoms with Crippen molar-refractivity contribution in [2.45, 2.75) is 58.9 Å². The summed E-state index contributed by atoms with van der Waals surface area (Å²) in [4.78, 5) is 2.66. The maximum Gasteiger partial charge on any atom is 0.00794 e. The smallest absolute Gasteiger partial charge is 0.00794 e. The molecular formula is C15H30N2. The van der Waals surface area contributed by atoms with E-state index >= 15 is 0 Å². The minimum Gasteiger partial charge on any atom is -0.313 e. The summed E-state index contributed by atoms with van der Waals surface area (Å²) in [5.41, 5.74) is 0.645. The zero-order valence-electron chi connectivity index (χ0n) is 12.0. The first-order chi connectivity index (χ1) is 8.13. The molecule has 17 heavy (non-hydrogen) atoms. The molecule has 1 aliphatic carbocycles. The molecule has 0 aromatic rings.